The van der Waals surface area contributed by atoms with Gasteiger partial charge in [-0.1, -0.05) is 18.2 Å². The molecule has 3 aromatic rings. The number of benzene rings is 1. The molecule has 92 valence electrons. The molecule has 0 radical (unpaired) electrons. The van der Waals surface area contributed by atoms with Crippen LogP contribution in [0.4, 0.5) is 5.82 Å². The second kappa shape index (κ2) is 4.42. The molecular formula is C14H11N5. The van der Waals surface area contributed by atoms with Gasteiger partial charge >= 0.3 is 0 Å². The lowest BCUT2D eigenvalue weighted by Gasteiger charge is -2.01. The van der Waals surface area contributed by atoms with Gasteiger partial charge in [0.25, 0.3) is 0 Å². The van der Waals surface area contributed by atoms with E-state index < -0.39 is 0 Å². The Morgan fingerprint density at radius 3 is 2.74 bits per heavy atom. The van der Waals surface area contributed by atoms with Gasteiger partial charge in [-0.05, 0) is 25.1 Å². The smallest absolute Gasteiger partial charge is 0.182 e. The molecule has 2 heterocycles. The summed E-state index contributed by atoms with van der Waals surface area (Å²) in [5, 5.41) is 20.2. The number of anilines is 1. The third-order valence-corrected chi connectivity index (χ3v) is 3.00. The van der Waals surface area contributed by atoms with Crippen LogP contribution in [0.1, 0.15) is 5.69 Å². The molecule has 0 bridgehead atoms. The Hall–Kier alpha value is -2.87. The first-order valence-electron chi connectivity index (χ1n) is 5.86. The number of aromatic amines is 1. The molecule has 0 saturated carbocycles. The van der Waals surface area contributed by atoms with Crippen molar-refractivity contribution in [1.29, 1.82) is 5.26 Å². The van der Waals surface area contributed by atoms with Gasteiger partial charge in [-0.3, -0.25) is 5.32 Å². The number of hydrogen-bond donors (Lipinski definition) is 2. The Morgan fingerprint density at radius 2 is 2.00 bits per heavy atom. The summed E-state index contributed by atoms with van der Waals surface area (Å²) in [6, 6.07) is 11.7. The van der Waals surface area contributed by atoms with Crippen molar-refractivity contribution in [2.75, 3.05) is 5.32 Å². The van der Waals surface area contributed by atoms with E-state index >= 15 is 0 Å². The van der Waals surface area contributed by atoms with Crippen molar-refractivity contribution in [2.45, 2.75) is 6.92 Å². The SMILES string of the molecule is Cc1[nH]c2ccccc2c1-c1ccc(NC#N)nn1. The Kier molecular flexibility index (Phi) is 2.62. The summed E-state index contributed by atoms with van der Waals surface area (Å²) in [6.07, 6.45) is 1.82. The van der Waals surface area contributed by atoms with E-state index in [0.29, 0.717) is 5.82 Å². The van der Waals surface area contributed by atoms with Crippen molar-refractivity contribution < 1.29 is 0 Å². The third-order valence-electron chi connectivity index (χ3n) is 3.00. The number of hydrogen-bond acceptors (Lipinski definition) is 4. The number of H-pyrrole nitrogens is 1. The van der Waals surface area contributed by atoms with E-state index in [0.717, 1.165) is 27.9 Å². The van der Waals surface area contributed by atoms with Gasteiger partial charge in [0.2, 0.25) is 0 Å². The largest absolute Gasteiger partial charge is 0.358 e. The number of nitrogens with zero attached hydrogens (tertiary/aromatic N) is 3. The van der Waals surface area contributed by atoms with E-state index in [4.69, 9.17) is 5.26 Å². The molecule has 5 nitrogen and oxygen atoms in total. The Balaban J connectivity index is 2.14. The van der Waals surface area contributed by atoms with Crippen LogP contribution in [0.5, 0.6) is 0 Å². The fourth-order valence-corrected chi connectivity index (χ4v) is 2.20. The monoisotopic (exact) mass is 249 g/mol. The van der Waals surface area contributed by atoms with Crippen LogP contribution in [0.2, 0.25) is 0 Å². The lowest BCUT2D eigenvalue weighted by atomic mass is 10.1. The van der Waals surface area contributed by atoms with Gasteiger partial charge in [-0.15, -0.1) is 10.2 Å². The average molecular weight is 249 g/mol. The third kappa shape index (κ3) is 1.89. The molecule has 0 saturated heterocycles. The van der Waals surface area contributed by atoms with Crippen molar-refractivity contribution in [1.82, 2.24) is 15.2 Å². The summed E-state index contributed by atoms with van der Waals surface area (Å²) in [5.74, 6) is 0.448. The Labute approximate surface area is 109 Å². The first-order chi connectivity index (χ1) is 9.29. The normalized spacial score (nSPS) is 10.3. The zero-order valence-electron chi connectivity index (χ0n) is 10.3. The first-order valence-corrected chi connectivity index (χ1v) is 5.86. The minimum atomic E-state index is 0.448. The summed E-state index contributed by atoms with van der Waals surface area (Å²) >= 11 is 0. The zero-order chi connectivity index (χ0) is 13.2. The van der Waals surface area contributed by atoms with Crippen LogP contribution in [-0.4, -0.2) is 15.2 Å². The molecule has 0 spiro atoms. The number of nitriles is 1. The van der Waals surface area contributed by atoms with Crippen LogP contribution in [0, 0.1) is 18.4 Å². The van der Waals surface area contributed by atoms with Gasteiger partial charge in [0.05, 0.1) is 5.69 Å². The second-order valence-corrected chi connectivity index (χ2v) is 4.21. The van der Waals surface area contributed by atoms with Crippen LogP contribution in [0.15, 0.2) is 36.4 Å². The second-order valence-electron chi connectivity index (χ2n) is 4.21. The molecule has 0 aliphatic heterocycles. The van der Waals surface area contributed by atoms with Crippen molar-refractivity contribution in [3.8, 4) is 17.5 Å². The number of aromatic nitrogens is 3. The van der Waals surface area contributed by atoms with Crippen LogP contribution in [0.25, 0.3) is 22.2 Å². The number of nitrogens with one attached hydrogen (secondary N) is 2. The molecule has 0 amide bonds. The van der Waals surface area contributed by atoms with Crippen LogP contribution < -0.4 is 5.32 Å². The zero-order valence-corrected chi connectivity index (χ0v) is 10.3. The Morgan fingerprint density at radius 1 is 1.16 bits per heavy atom. The maximum Gasteiger partial charge on any atom is 0.182 e. The highest BCUT2D eigenvalue weighted by Crippen LogP contribution is 2.30. The molecule has 2 aromatic heterocycles. The minimum absolute atomic E-state index is 0.448. The maximum atomic E-state index is 8.52. The quantitative estimate of drug-likeness (QED) is 0.540. The minimum Gasteiger partial charge on any atom is -0.358 e. The van der Waals surface area contributed by atoms with Crippen LogP contribution in [-0.2, 0) is 0 Å². The molecule has 0 aliphatic carbocycles. The molecule has 0 aliphatic rings. The van der Waals surface area contributed by atoms with E-state index in [1.807, 2.05) is 37.4 Å². The number of rotatable bonds is 2. The highest BCUT2D eigenvalue weighted by atomic mass is 15.2. The van der Waals surface area contributed by atoms with Crippen LogP contribution >= 0.6 is 0 Å². The molecule has 3 rings (SSSR count). The van der Waals surface area contributed by atoms with E-state index in [9.17, 15) is 0 Å². The predicted molar refractivity (Wildman–Crippen MR) is 73.3 cm³/mol. The fraction of sp³-hybridized carbons (Fsp3) is 0.0714. The van der Waals surface area contributed by atoms with Gasteiger partial charge in [0.1, 0.15) is 0 Å². The average Bonchev–Trinajstić information content (AvgIpc) is 2.76. The molecule has 0 atom stereocenters. The Bertz CT molecular complexity index is 765. The van der Waals surface area contributed by atoms with Gasteiger partial charge in [0, 0.05) is 22.2 Å². The van der Waals surface area contributed by atoms with Crippen molar-refractivity contribution >= 4 is 16.7 Å². The van der Waals surface area contributed by atoms with E-state index in [1.54, 1.807) is 6.07 Å². The molecule has 19 heavy (non-hydrogen) atoms. The molecule has 0 fully saturated rings. The van der Waals surface area contributed by atoms with E-state index in [1.165, 1.54) is 0 Å². The van der Waals surface area contributed by atoms with Gasteiger partial charge in [0.15, 0.2) is 12.0 Å². The lowest BCUT2D eigenvalue weighted by molar-refractivity contribution is 1.04. The molecule has 2 N–H and O–H groups in total. The van der Waals surface area contributed by atoms with Gasteiger partial charge in [-0.25, -0.2) is 0 Å². The summed E-state index contributed by atoms with van der Waals surface area (Å²) in [7, 11) is 0. The van der Waals surface area contributed by atoms with Crippen molar-refractivity contribution in [3.05, 3.63) is 42.1 Å². The van der Waals surface area contributed by atoms with Crippen molar-refractivity contribution in [2.24, 2.45) is 0 Å². The first kappa shape index (κ1) is 11.2. The van der Waals surface area contributed by atoms with Gasteiger partial charge in [-0.2, -0.15) is 5.26 Å². The summed E-state index contributed by atoms with van der Waals surface area (Å²) < 4.78 is 0. The number of fused-ring (bicyclic) bond motifs is 1. The summed E-state index contributed by atoms with van der Waals surface area (Å²) in [6.45, 7) is 2.01. The predicted octanol–water partition coefficient (Wildman–Crippen LogP) is 2.83. The molecule has 1 aromatic carbocycles. The molecular weight excluding hydrogens is 238 g/mol. The van der Waals surface area contributed by atoms with Crippen LogP contribution in [0.3, 0.4) is 0 Å². The highest BCUT2D eigenvalue weighted by molar-refractivity contribution is 5.96. The standard InChI is InChI=1S/C14H11N5/c1-9-14(10-4-2-3-5-11(10)17-9)12-6-7-13(16-8-15)19-18-12/h2-7,17H,1H3,(H,16,19). The summed E-state index contributed by atoms with van der Waals surface area (Å²) in [4.78, 5) is 3.33. The van der Waals surface area contributed by atoms with Gasteiger partial charge < -0.3 is 4.98 Å². The number of para-hydroxylation sites is 1. The topological polar surface area (TPSA) is 77.4 Å². The highest BCUT2D eigenvalue weighted by Gasteiger charge is 2.11. The van der Waals surface area contributed by atoms with E-state index in [-0.39, 0.29) is 0 Å². The van der Waals surface area contributed by atoms with E-state index in [2.05, 4.69) is 26.6 Å². The maximum absolute atomic E-state index is 8.52. The lowest BCUT2D eigenvalue weighted by Crippen LogP contribution is -1.95. The number of aryl methyl sites for hydroxylation is 1. The fourth-order valence-electron chi connectivity index (χ4n) is 2.20. The molecule has 5 heteroatoms. The molecule has 0 unspecified atom stereocenters. The van der Waals surface area contributed by atoms with Crippen molar-refractivity contribution in [3.63, 3.8) is 0 Å². The summed E-state index contributed by atoms with van der Waals surface area (Å²) in [5.41, 5.74) is 3.97.